The zero-order chi connectivity index (χ0) is 12.0. The number of hydrogen-bond acceptors (Lipinski definition) is 3. The minimum atomic E-state index is 0.132. The van der Waals surface area contributed by atoms with Gasteiger partial charge in [0.05, 0.1) is 12.6 Å². The fourth-order valence-electron chi connectivity index (χ4n) is 1.72. The summed E-state index contributed by atoms with van der Waals surface area (Å²) < 4.78 is 5.72. The van der Waals surface area contributed by atoms with Crippen molar-refractivity contribution in [2.24, 2.45) is 11.8 Å². The Balaban J connectivity index is 2.91. The lowest BCUT2D eigenvalue weighted by Crippen LogP contribution is -2.31. The van der Waals surface area contributed by atoms with Gasteiger partial charge in [0.15, 0.2) is 0 Å². The van der Waals surface area contributed by atoms with Crippen LogP contribution in [0.4, 0.5) is 0 Å². The van der Waals surface area contributed by atoms with E-state index < -0.39 is 0 Å². The molecule has 0 saturated heterocycles. The molecule has 3 N–H and O–H groups in total. The van der Waals surface area contributed by atoms with Crippen LogP contribution >= 0.6 is 0 Å². The highest BCUT2D eigenvalue weighted by Gasteiger charge is 2.17. The van der Waals surface area contributed by atoms with Crippen molar-refractivity contribution < 1.29 is 4.74 Å². The molecular formula is C13H22N2O. The van der Waals surface area contributed by atoms with Gasteiger partial charge >= 0.3 is 0 Å². The highest BCUT2D eigenvalue weighted by atomic mass is 16.5. The predicted molar refractivity (Wildman–Crippen MR) is 67.1 cm³/mol. The predicted octanol–water partition coefficient (Wildman–Crippen LogP) is 2.64. The van der Waals surface area contributed by atoms with Gasteiger partial charge in [-0.15, -0.1) is 0 Å². The van der Waals surface area contributed by atoms with E-state index in [9.17, 15) is 0 Å². The molecule has 1 unspecified atom stereocenters. The van der Waals surface area contributed by atoms with Crippen LogP contribution < -0.4 is 16.0 Å². The average Bonchev–Trinajstić information content (AvgIpc) is 2.28. The molecule has 3 heteroatoms. The van der Waals surface area contributed by atoms with Gasteiger partial charge < -0.3 is 4.74 Å². The molecule has 0 aliphatic carbocycles. The van der Waals surface area contributed by atoms with Crippen LogP contribution in [-0.2, 0) is 0 Å². The molecule has 1 rings (SSSR count). The Bertz CT molecular complexity index is 313. The van der Waals surface area contributed by atoms with Gasteiger partial charge in [-0.05, 0) is 18.4 Å². The lowest BCUT2D eigenvalue weighted by atomic mass is 9.96. The lowest BCUT2D eigenvalue weighted by Gasteiger charge is -2.22. The van der Waals surface area contributed by atoms with E-state index in [4.69, 9.17) is 10.6 Å². The molecule has 0 heterocycles. The Morgan fingerprint density at radius 2 is 2.00 bits per heavy atom. The van der Waals surface area contributed by atoms with Gasteiger partial charge in [0.1, 0.15) is 5.75 Å². The standard InChI is InChI=1S/C13H22N2O/c1-4-9-16-12-8-6-5-7-11(12)13(15-14)10(2)3/h5-8,10,13,15H,4,9,14H2,1-3H3. The van der Waals surface area contributed by atoms with Gasteiger partial charge in [0.2, 0.25) is 0 Å². The minimum absolute atomic E-state index is 0.132. The fourth-order valence-corrected chi connectivity index (χ4v) is 1.72. The van der Waals surface area contributed by atoms with Gasteiger partial charge in [-0.3, -0.25) is 11.3 Å². The summed E-state index contributed by atoms with van der Waals surface area (Å²) in [5.41, 5.74) is 3.99. The van der Waals surface area contributed by atoms with Crippen molar-refractivity contribution >= 4 is 0 Å². The fraction of sp³-hybridized carbons (Fsp3) is 0.538. The Morgan fingerprint density at radius 3 is 2.56 bits per heavy atom. The maximum atomic E-state index is 5.72. The van der Waals surface area contributed by atoms with Crippen LogP contribution in [0.1, 0.15) is 38.8 Å². The van der Waals surface area contributed by atoms with Crippen molar-refractivity contribution in [2.45, 2.75) is 33.2 Å². The zero-order valence-electron chi connectivity index (χ0n) is 10.4. The largest absolute Gasteiger partial charge is 0.493 e. The summed E-state index contributed by atoms with van der Waals surface area (Å²) in [7, 11) is 0. The summed E-state index contributed by atoms with van der Waals surface area (Å²) >= 11 is 0. The van der Waals surface area contributed by atoms with Gasteiger partial charge in [-0.2, -0.15) is 0 Å². The number of benzene rings is 1. The average molecular weight is 222 g/mol. The smallest absolute Gasteiger partial charge is 0.124 e. The summed E-state index contributed by atoms with van der Waals surface area (Å²) in [6, 6.07) is 8.20. The van der Waals surface area contributed by atoms with Gasteiger partial charge in [-0.25, -0.2) is 0 Å². The van der Waals surface area contributed by atoms with E-state index in [2.05, 4.69) is 32.3 Å². The summed E-state index contributed by atoms with van der Waals surface area (Å²) in [5, 5.41) is 0. The molecule has 3 nitrogen and oxygen atoms in total. The number of rotatable bonds is 6. The highest BCUT2D eigenvalue weighted by molar-refractivity contribution is 5.36. The van der Waals surface area contributed by atoms with E-state index in [1.54, 1.807) is 0 Å². The number of para-hydroxylation sites is 1. The number of ether oxygens (including phenoxy) is 1. The molecule has 0 aliphatic rings. The second-order valence-corrected chi connectivity index (χ2v) is 4.27. The topological polar surface area (TPSA) is 47.3 Å². The third-order valence-corrected chi connectivity index (χ3v) is 2.56. The van der Waals surface area contributed by atoms with Gasteiger partial charge in [0.25, 0.3) is 0 Å². The SMILES string of the molecule is CCCOc1ccccc1C(NN)C(C)C. The van der Waals surface area contributed by atoms with Crippen molar-refractivity contribution in [3.63, 3.8) is 0 Å². The van der Waals surface area contributed by atoms with E-state index in [0.29, 0.717) is 5.92 Å². The number of hydrazine groups is 1. The third kappa shape index (κ3) is 3.22. The zero-order valence-corrected chi connectivity index (χ0v) is 10.4. The molecule has 0 saturated carbocycles. The molecule has 90 valence electrons. The van der Waals surface area contributed by atoms with Crippen molar-refractivity contribution in [1.29, 1.82) is 0 Å². The molecule has 0 spiro atoms. The Morgan fingerprint density at radius 1 is 1.31 bits per heavy atom. The van der Waals surface area contributed by atoms with E-state index in [1.807, 2.05) is 18.2 Å². The molecule has 0 aliphatic heterocycles. The van der Waals surface area contributed by atoms with Crippen LogP contribution in [0.5, 0.6) is 5.75 Å². The summed E-state index contributed by atoms with van der Waals surface area (Å²) in [5.74, 6) is 6.96. The van der Waals surface area contributed by atoms with E-state index in [0.717, 1.165) is 24.3 Å². The summed E-state index contributed by atoms with van der Waals surface area (Å²) in [6.45, 7) is 7.12. The molecule has 1 atom stereocenters. The van der Waals surface area contributed by atoms with Crippen molar-refractivity contribution in [1.82, 2.24) is 5.43 Å². The minimum Gasteiger partial charge on any atom is -0.493 e. The van der Waals surface area contributed by atoms with E-state index in [1.165, 1.54) is 0 Å². The molecule has 16 heavy (non-hydrogen) atoms. The Kier molecular flexibility index (Phi) is 5.29. The van der Waals surface area contributed by atoms with Crippen LogP contribution in [0.2, 0.25) is 0 Å². The first kappa shape index (κ1) is 13.0. The first-order valence-electron chi connectivity index (χ1n) is 5.88. The van der Waals surface area contributed by atoms with Crippen LogP contribution in [0.25, 0.3) is 0 Å². The summed E-state index contributed by atoms with van der Waals surface area (Å²) in [4.78, 5) is 0. The molecule has 0 aromatic heterocycles. The van der Waals surface area contributed by atoms with E-state index >= 15 is 0 Å². The second-order valence-electron chi connectivity index (χ2n) is 4.27. The highest BCUT2D eigenvalue weighted by Crippen LogP contribution is 2.29. The normalized spacial score (nSPS) is 12.8. The molecule has 1 aromatic rings. The quantitative estimate of drug-likeness (QED) is 0.574. The van der Waals surface area contributed by atoms with Crippen LogP contribution in [-0.4, -0.2) is 6.61 Å². The maximum absolute atomic E-state index is 5.72. The Hall–Kier alpha value is -1.06. The number of nitrogens with two attached hydrogens (primary N) is 1. The number of nitrogens with one attached hydrogen (secondary N) is 1. The van der Waals surface area contributed by atoms with Crippen molar-refractivity contribution in [3.05, 3.63) is 29.8 Å². The van der Waals surface area contributed by atoms with Gasteiger partial charge in [-0.1, -0.05) is 39.0 Å². The van der Waals surface area contributed by atoms with Crippen LogP contribution in [0.3, 0.4) is 0 Å². The van der Waals surface area contributed by atoms with Crippen LogP contribution in [0, 0.1) is 5.92 Å². The molecule has 0 bridgehead atoms. The maximum Gasteiger partial charge on any atom is 0.124 e. The van der Waals surface area contributed by atoms with E-state index in [-0.39, 0.29) is 6.04 Å². The molecule has 0 amide bonds. The van der Waals surface area contributed by atoms with Gasteiger partial charge in [0, 0.05) is 5.56 Å². The first-order valence-corrected chi connectivity index (χ1v) is 5.88. The Labute approximate surface area is 98.0 Å². The molecule has 1 aromatic carbocycles. The number of hydrogen-bond donors (Lipinski definition) is 2. The molecule has 0 fully saturated rings. The van der Waals surface area contributed by atoms with Crippen molar-refractivity contribution in [2.75, 3.05) is 6.61 Å². The summed E-state index contributed by atoms with van der Waals surface area (Å²) in [6.07, 6.45) is 1.01. The van der Waals surface area contributed by atoms with Crippen molar-refractivity contribution in [3.8, 4) is 5.75 Å². The molecule has 0 radical (unpaired) electrons. The third-order valence-electron chi connectivity index (χ3n) is 2.56. The lowest BCUT2D eigenvalue weighted by molar-refractivity contribution is 0.304. The first-order chi connectivity index (χ1) is 7.70. The second kappa shape index (κ2) is 6.51. The monoisotopic (exact) mass is 222 g/mol. The van der Waals surface area contributed by atoms with Crippen LogP contribution in [0.15, 0.2) is 24.3 Å². The molecular weight excluding hydrogens is 200 g/mol.